The Kier molecular flexibility index (Phi) is 4.51. The van der Waals surface area contributed by atoms with E-state index >= 15 is 0 Å². The molecule has 0 aliphatic carbocycles. The van der Waals surface area contributed by atoms with Gasteiger partial charge in [0.25, 0.3) is 0 Å². The topological polar surface area (TPSA) is 51.9 Å². The van der Waals surface area contributed by atoms with Gasteiger partial charge in [0.05, 0.1) is 11.7 Å². The maximum Gasteiger partial charge on any atom is 0.242 e. The van der Waals surface area contributed by atoms with Crippen LogP contribution in [0.25, 0.3) is 5.69 Å². The summed E-state index contributed by atoms with van der Waals surface area (Å²) < 4.78 is 3.78. The molecule has 1 N–H and O–H groups in total. The first-order valence-electron chi connectivity index (χ1n) is 8.06. The van der Waals surface area contributed by atoms with Gasteiger partial charge in [0.15, 0.2) is 0 Å². The van der Waals surface area contributed by atoms with Crippen molar-refractivity contribution in [2.45, 2.75) is 33.4 Å². The molecule has 1 amide bonds. The number of aryl methyl sites for hydroxylation is 2. The molecule has 1 atom stereocenters. The van der Waals surface area contributed by atoms with Crippen molar-refractivity contribution >= 4 is 5.91 Å². The van der Waals surface area contributed by atoms with Crippen molar-refractivity contribution < 1.29 is 4.79 Å². The maximum absolute atomic E-state index is 12.3. The van der Waals surface area contributed by atoms with Crippen LogP contribution in [0.2, 0.25) is 0 Å². The van der Waals surface area contributed by atoms with Crippen LogP contribution in [0.5, 0.6) is 0 Å². The van der Waals surface area contributed by atoms with Gasteiger partial charge in [-0.1, -0.05) is 12.1 Å². The third kappa shape index (κ3) is 3.56. The fourth-order valence-corrected chi connectivity index (χ4v) is 2.80. The number of amides is 1. The number of rotatable bonds is 5. The number of hydrogen-bond acceptors (Lipinski definition) is 2. The first kappa shape index (κ1) is 16.1. The van der Waals surface area contributed by atoms with Crippen LogP contribution in [0.1, 0.15) is 29.9 Å². The number of nitrogens with one attached hydrogen (secondary N) is 1. The summed E-state index contributed by atoms with van der Waals surface area (Å²) in [6.07, 6.45) is 4.01. The normalized spacial score (nSPS) is 12.1. The highest BCUT2D eigenvalue weighted by atomic mass is 16.2. The van der Waals surface area contributed by atoms with Gasteiger partial charge in [0, 0.05) is 23.8 Å². The van der Waals surface area contributed by atoms with Crippen molar-refractivity contribution in [3.63, 3.8) is 0 Å². The second kappa shape index (κ2) is 6.74. The maximum atomic E-state index is 12.3. The fraction of sp³-hybridized carbons (Fsp3) is 0.263. The third-order valence-corrected chi connectivity index (χ3v) is 4.05. The minimum atomic E-state index is -0.0648. The number of carbonyl (C=O) groups excluding carboxylic acids is 1. The molecule has 0 spiro atoms. The number of aromatic nitrogens is 3. The molecule has 0 fully saturated rings. The highest BCUT2D eigenvalue weighted by molar-refractivity contribution is 5.76. The van der Waals surface area contributed by atoms with Crippen LogP contribution in [0.15, 0.2) is 54.9 Å². The van der Waals surface area contributed by atoms with Gasteiger partial charge in [-0.05, 0) is 56.7 Å². The Morgan fingerprint density at radius 2 is 1.92 bits per heavy atom. The van der Waals surface area contributed by atoms with Gasteiger partial charge in [0.2, 0.25) is 5.91 Å². The summed E-state index contributed by atoms with van der Waals surface area (Å²) in [6, 6.07) is 14.1. The molecule has 24 heavy (non-hydrogen) atoms. The molecule has 0 bridgehead atoms. The summed E-state index contributed by atoms with van der Waals surface area (Å²) in [6.45, 7) is 6.11. The van der Waals surface area contributed by atoms with Crippen molar-refractivity contribution in [1.82, 2.24) is 19.7 Å². The largest absolute Gasteiger partial charge is 0.348 e. The number of carbonyl (C=O) groups is 1. The van der Waals surface area contributed by atoms with Crippen molar-refractivity contribution in [2.24, 2.45) is 0 Å². The van der Waals surface area contributed by atoms with Crippen molar-refractivity contribution in [2.75, 3.05) is 0 Å². The summed E-state index contributed by atoms with van der Waals surface area (Å²) in [5.41, 5.74) is 4.07. The van der Waals surface area contributed by atoms with Crippen LogP contribution in [-0.2, 0) is 11.3 Å². The third-order valence-electron chi connectivity index (χ3n) is 4.05. The second-order valence-corrected chi connectivity index (χ2v) is 6.06. The number of hydrogen-bond donors (Lipinski definition) is 1. The van der Waals surface area contributed by atoms with E-state index in [0.29, 0.717) is 0 Å². The molecule has 5 nitrogen and oxygen atoms in total. The molecule has 0 saturated heterocycles. The Hall–Kier alpha value is -2.82. The minimum Gasteiger partial charge on any atom is -0.348 e. The number of nitrogens with zero attached hydrogens (tertiary/aromatic N) is 3. The SMILES string of the molecule is Cc1cc(C)n(CC(=O)NC(C)c2cccc(-n3cccc3)c2)n1. The lowest BCUT2D eigenvalue weighted by atomic mass is 10.1. The molecule has 124 valence electrons. The van der Waals surface area contributed by atoms with E-state index in [0.717, 1.165) is 22.6 Å². The average Bonchev–Trinajstić information content (AvgIpc) is 3.18. The Labute approximate surface area is 141 Å². The van der Waals surface area contributed by atoms with E-state index in [9.17, 15) is 4.79 Å². The zero-order valence-corrected chi connectivity index (χ0v) is 14.2. The van der Waals surface area contributed by atoms with Crippen LogP contribution < -0.4 is 5.32 Å². The summed E-state index contributed by atoms with van der Waals surface area (Å²) in [5.74, 6) is -0.0416. The first-order chi connectivity index (χ1) is 11.5. The predicted molar refractivity (Wildman–Crippen MR) is 94.0 cm³/mol. The minimum absolute atomic E-state index is 0.0416. The highest BCUT2D eigenvalue weighted by Gasteiger charge is 2.12. The van der Waals surface area contributed by atoms with Gasteiger partial charge in [-0.15, -0.1) is 0 Å². The Morgan fingerprint density at radius 3 is 2.58 bits per heavy atom. The molecule has 3 aromatic rings. The van der Waals surface area contributed by atoms with Crippen LogP contribution in [-0.4, -0.2) is 20.3 Å². The van der Waals surface area contributed by atoms with Gasteiger partial charge in [-0.3, -0.25) is 9.48 Å². The summed E-state index contributed by atoms with van der Waals surface area (Å²) >= 11 is 0. The van der Waals surface area contributed by atoms with Crippen LogP contribution >= 0.6 is 0 Å². The number of benzene rings is 1. The van der Waals surface area contributed by atoms with Crippen molar-refractivity contribution in [3.8, 4) is 5.69 Å². The van der Waals surface area contributed by atoms with Gasteiger partial charge in [-0.2, -0.15) is 5.10 Å². The Balaban J connectivity index is 1.68. The smallest absolute Gasteiger partial charge is 0.242 e. The van der Waals surface area contributed by atoms with Gasteiger partial charge < -0.3 is 9.88 Å². The molecule has 3 rings (SSSR count). The van der Waals surface area contributed by atoms with E-state index in [1.54, 1.807) is 4.68 Å². The Bertz CT molecular complexity index is 833. The molecule has 0 aliphatic rings. The van der Waals surface area contributed by atoms with Crippen molar-refractivity contribution in [1.29, 1.82) is 0 Å². The Morgan fingerprint density at radius 1 is 1.17 bits per heavy atom. The molecule has 1 aromatic carbocycles. The molecule has 5 heteroatoms. The first-order valence-corrected chi connectivity index (χ1v) is 8.06. The van der Waals surface area contributed by atoms with E-state index in [4.69, 9.17) is 0 Å². The molecule has 0 radical (unpaired) electrons. The van der Waals surface area contributed by atoms with Crippen LogP contribution in [0.4, 0.5) is 0 Å². The van der Waals surface area contributed by atoms with E-state index in [2.05, 4.69) is 16.5 Å². The predicted octanol–water partition coefficient (Wildman–Crippen LogP) is 3.17. The lowest BCUT2D eigenvalue weighted by molar-refractivity contribution is -0.122. The van der Waals surface area contributed by atoms with E-state index in [-0.39, 0.29) is 18.5 Å². The molecule has 2 heterocycles. The molecule has 2 aromatic heterocycles. The summed E-state index contributed by atoms with van der Waals surface area (Å²) in [5, 5.41) is 7.38. The molecule has 0 saturated carbocycles. The highest BCUT2D eigenvalue weighted by Crippen LogP contribution is 2.17. The van der Waals surface area contributed by atoms with Gasteiger partial charge in [0.1, 0.15) is 6.54 Å². The summed E-state index contributed by atoms with van der Waals surface area (Å²) in [4.78, 5) is 12.3. The van der Waals surface area contributed by atoms with Gasteiger partial charge in [-0.25, -0.2) is 0 Å². The van der Waals surface area contributed by atoms with E-state index in [1.165, 1.54) is 0 Å². The van der Waals surface area contributed by atoms with Crippen LogP contribution in [0, 0.1) is 13.8 Å². The van der Waals surface area contributed by atoms with Gasteiger partial charge >= 0.3 is 0 Å². The molecule has 1 unspecified atom stereocenters. The zero-order valence-electron chi connectivity index (χ0n) is 14.2. The summed E-state index contributed by atoms with van der Waals surface area (Å²) in [7, 11) is 0. The average molecular weight is 322 g/mol. The lowest BCUT2D eigenvalue weighted by Crippen LogP contribution is -2.30. The zero-order chi connectivity index (χ0) is 17.1. The monoisotopic (exact) mass is 322 g/mol. The lowest BCUT2D eigenvalue weighted by Gasteiger charge is -2.16. The molecule has 0 aliphatic heterocycles. The molecular weight excluding hydrogens is 300 g/mol. The fourth-order valence-electron chi connectivity index (χ4n) is 2.80. The standard InChI is InChI=1S/C19H22N4O/c1-14-11-15(2)23(21-14)13-19(24)20-16(3)17-7-6-8-18(12-17)22-9-4-5-10-22/h4-12,16H,13H2,1-3H3,(H,20,24). The van der Waals surface area contributed by atoms with E-state index in [1.807, 2.05) is 74.1 Å². The quantitative estimate of drug-likeness (QED) is 0.784. The van der Waals surface area contributed by atoms with E-state index < -0.39 is 0 Å². The second-order valence-electron chi connectivity index (χ2n) is 6.06. The molecular formula is C19H22N4O. The van der Waals surface area contributed by atoms with Crippen molar-refractivity contribution in [3.05, 3.63) is 71.8 Å². The van der Waals surface area contributed by atoms with Crippen LogP contribution in [0.3, 0.4) is 0 Å².